The second-order valence-electron chi connectivity index (χ2n) is 2.59. The molecule has 0 aliphatic rings. The number of nitrogens with one attached hydrogen (secondary N) is 1. The SMILES string of the molecule is Fc1[nH]nc2ccnc(C(F)(F)F)c12. The number of aromatic nitrogens is 3. The number of alkyl halides is 3. The summed E-state index contributed by atoms with van der Waals surface area (Å²) in [5.41, 5.74) is -1.36. The van der Waals surface area contributed by atoms with Crippen molar-refractivity contribution in [2.75, 3.05) is 0 Å². The van der Waals surface area contributed by atoms with Crippen molar-refractivity contribution < 1.29 is 17.6 Å². The maximum absolute atomic E-state index is 12.9. The summed E-state index contributed by atoms with van der Waals surface area (Å²) in [5.74, 6) is -1.12. The predicted molar refractivity (Wildman–Crippen MR) is 38.8 cm³/mol. The summed E-state index contributed by atoms with van der Waals surface area (Å²) < 4.78 is 49.8. The van der Waals surface area contributed by atoms with Crippen LogP contribution in [0.2, 0.25) is 0 Å². The van der Waals surface area contributed by atoms with E-state index in [1.807, 2.05) is 5.10 Å². The lowest BCUT2D eigenvalue weighted by atomic mass is 10.2. The van der Waals surface area contributed by atoms with Gasteiger partial charge in [0.25, 0.3) is 0 Å². The molecule has 0 bridgehead atoms. The fraction of sp³-hybridized carbons (Fsp3) is 0.143. The van der Waals surface area contributed by atoms with E-state index in [4.69, 9.17) is 0 Å². The van der Waals surface area contributed by atoms with Crippen molar-refractivity contribution in [3.05, 3.63) is 23.9 Å². The molecule has 1 N–H and O–H groups in total. The molecule has 14 heavy (non-hydrogen) atoms. The molecular formula is C7H3F4N3. The van der Waals surface area contributed by atoms with Crippen LogP contribution in [0.1, 0.15) is 5.69 Å². The van der Waals surface area contributed by atoms with E-state index in [2.05, 4.69) is 10.1 Å². The average molecular weight is 205 g/mol. The van der Waals surface area contributed by atoms with Crippen LogP contribution < -0.4 is 0 Å². The van der Waals surface area contributed by atoms with Crippen molar-refractivity contribution >= 4 is 10.9 Å². The third-order valence-corrected chi connectivity index (χ3v) is 1.69. The highest BCUT2D eigenvalue weighted by molar-refractivity contribution is 5.81. The van der Waals surface area contributed by atoms with E-state index in [0.29, 0.717) is 0 Å². The number of aromatic amines is 1. The Kier molecular flexibility index (Phi) is 1.70. The molecule has 0 unspecified atom stereocenters. The highest BCUT2D eigenvalue weighted by atomic mass is 19.4. The minimum atomic E-state index is -4.68. The summed E-state index contributed by atoms with van der Waals surface area (Å²) in [5, 5.41) is 4.56. The zero-order valence-corrected chi connectivity index (χ0v) is 6.56. The molecule has 0 fully saturated rings. The summed E-state index contributed by atoms with van der Waals surface area (Å²) in [7, 11) is 0. The highest BCUT2D eigenvalue weighted by Crippen LogP contribution is 2.33. The van der Waals surface area contributed by atoms with Crippen molar-refractivity contribution in [1.29, 1.82) is 0 Å². The Balaban J connectivity index is 2.82. The monoisotopic (exact) mass is 205 g/mol. The van der Waals surface area contributed by atoms with Crippen molar-refractivity contribution in [3.63, 3.8) is 0 Å². The lowest BCUT2D eigenvalue weighted by Gasteiger charge is -2.05. The fourth-order valence-corrected chi connectivity index (χ4v) is 1.14. The van der Waals surface area contributed by atoms with Gasteiger partial charge >= 0.3 is 6.18 Å². The molecule has 0 aliphatic heterocycles. The molecule has 2 rings (SSSR count). The number of pyridine rings is 1. The van der Waals surface area contributed by atoms with Crippen molar-refractivity contribution in [3.8, 4) is 0 Å². The Labute approximate surface area is 74.8 Å². The van der Waals surface area contributed by atoms with Gasteiger partial charge < -0.3 is 0 Å². The summed E-state index contributed by atoms with van der Waals surface area (Å²) in [4.78, 5) is 3.09. The number of nitrogens with zero attached hydrogens (tertiary/aromatic N) is 2. The minimum absolute atomic E-state index is 0.0928. The van der Waals surface area contributed by atoms with Gasteiger partial charge in [-0.25, -0.2) is 0 Å². The van der Waals surface area contributed by atoms with Gasteiger partial charge in [-0.1, -0.05) is 0 Å². The van der Waals surface area contributed by atoms with Gasteiger partial charge in [0.05, 0.1) is 10.9 Å². The van der Waals surface area contributed by atoms with Gasteiger partial charge in [-0.3, -0.25) is 10.1 Å². The Hall–Kier alpha value is -1.66. The maximum Gasteiger partial charge on any atom is 0.434 e. The molecule has 0 amide bonds. The molecule has 2 aromatic rings. The first-order valence-electron chi connectivity index (χ1n) is 3.56. The second-order valence-corrected chi connectivity index (χ2v) is 2.59. The Morgan fingerprint density at radius 1 is 1.29 bits per heavy atom. The van der Waals surface area contributed by atoms with Gasteiger partial charge in [-0.2, -0.15) is 22.7 Å². The zero-order valence-electron chi connectivity index (χ0n) is 6.56. The predicted octanol–water partition coefficient (Wildman–Crippen LogP) is 2.12. The molecule has 0 saturated heterocycles. The standard InChI is InChI=1S/C7H3F4N3/c8-6-4-3(13-14-6)1-2-12-5(4)7(9,10)11/h1-2H,(H,13,14). The smallest absolute Gasteiger partial charge is 0.252 e. The van der Waals surface area contributed by atoms with Gasteiger partial charge in [-0.15, -0.1) is 0 Å². The van der Waals surface area contributed by atoms with Crippen LogP contribution >= 0.6 is 0 Å². The van der Waals surface area contributed by atoms with E-state index in [0.717, 1.165) is 6.20 Å². The lowest BCUT2D eigenvalue weighted by molar-refractivity contribution is -0.139. The van der Waals surface area contributed by atoms with Crippen molar-refractivity contribution in [1.82, 2.24) is 15.2 Å². The molecule has 0 spiro atoms. The van der Waals surface area contributed by atoms with E-state index in [1.165, 1.54) is 6.07 Å². The molecule has 7 heteroatoms. The van der Waals surface area contributed by atoms with Crippen LogP contribution in [0.25, 0.3) is 10.9 Å². The molecule has 0 atom stereocenters. The first kappa shape index (κ1) is 8.92. The molecule has 3 nitrogen and oxygen atoms in total. The van der Waals surface area contributed by atoms with Crippen LogP contribution in [-0.2, 0) is 6.18 Å². The summed E-state index contributed by atoms with van der Waals surface area (Å²) >= 11 is 0. The number of hydrogen-bond donors (Lipinski definition) is 1. The lowest BCUT2D eigenvalue weighted by Crippen LogP contribution is -2.08. The Bertz CT molecular complexity index is 473. The molecule has 2 heterocycles. The highest BCUT2D eigenvalue weighted by Gasteiger charge is 2.36. The molecule has 0 saturated carbocycles. The quantitative estimate of drug-likeness (QED) is 0.669. The zero-order chi connectivity index (χ0) is 10.3. The first-order chi connectivity index (χ1) is 6.50. The Morgan fingerprint density at radius 2 is 2.00 bits per heavy atom. The van der Waals surface area contributed by atoms with E-state index in [9.17, 15) is 17.6 Å². The summed E-state index contributed by atoms with van der Waals surface area (Å²) in [6.45, 7) is 0. The van der Waals surface area contributed by atoms with E-state index in [1.54, 1.807) is 0 Å². The maximum atomic E-state index is 12.9. The molecular weight excluding hydrogens is 202 g/mol. The number of hydrogen-bond acceptors (Lipinski definition) is 2. The molecule has 0 radical (unpaired) electrons. The van der Waals surface area contributed by atoms with Crippen molar-refractivity contribution in [2.24, 2.45) is 0 Å². The summed E-state index contributed by atoms with van der Waals surface area (Å²) in [6.07, 6.45) is -3.74. The van der Waals surface area contributed by atoms with Crippen LogP contribution in [0.4, 0.5) is 17.6 Å². The van der Waals surface area contributed by atoms with Gasteiger partial charge in [0.1, 0.15) is 0 Å². The van der Waals surface area contributed by atoms with E-state index < -0.39 is 23.2 Å². The number of H-pyrrole nitrogens is 1. The van der Waals surface area contributed by atoms with Gasteiger partial charge in [0.2, 0.25) is 5.95 Å². The van der Waals surface area contributed by atoms with Crippen LogP contribution in [-0.4, -0.2) is 15.2 Å². The van der Waals surface area contributed by atoms with Crippen molar-refractivity contribution in [2.45, 2.75) is 6.18 Å². The molecule has 2 aromatic heterocycles. The summed E-state index contributed by atoms with van der Waals surface area (Å²) in [6, 6.07) is 1.20. The molecule has 0 aromatic carbocycles. The van der Waals surface area contributed by atoms with Crippen LogP contribution in [0.15, 0.2) is 12.3 Å². The number of halogens is 4. The van der Waals surface area contributed by atoms with Crippen LogP contribution in [0.3, 0.4) is 0 Å². The normalized spacial score (nSPS) is 12.3. The van der Waals surface area contributed by atoms with Gasteiger partial charge in [0, 0.05) is 6.20 Å². The third-order valence-electron chi connectivity index (χ3n) is 1.69. The first-order valence-corrected chi connectivity index (χ1v) is 3.56. The van der Waals surface area contributed by atoms with Crippen LogP contribution in [0.5, 0.6) is 0 Å². The molecule has 74 valence electrons. The second kappa shape index (κ2) is 2.66. The largest absolute Gasteiger partial charge is 0.434 e. The third kappa shape index (κ3) is 1.21. The van der Waals surface area contributed by atoms with Gasteiger partial charge in [-0.05, 0) is 6.07 Å². The number of fused-ring (bicyclic) bond motifs is 1. The topological polar surface area (TPSA) is 41.6 Å². The van der Waals surface area contributed by atoms with Gasteiger partial charge in [0.15, 0.2) is 5.69 Å². The number of rotatable bonds is 0. The minimum Gasteiger partial charge on any atom is -0.252 e. The molecule has 0 aliphatic carbocycles. The fourth-order valence-electron chi connectivity index (χ4n) is 1.14. The Morgan fingerprint density at radius 3 is 2.64 bits per heavy atom. The van der Waals surface area contributed by atoms with Crippen LogP contribution in [0, 0.1) is 5.95 Å². The average Bonchev–Trinajstić information content (AvgIpc) is 2.46. The van der Waals surface area contributed by atoms with E-state index in [-0.39, 0.29) is 5.52 Å². The van der Waals surface area contributed by atoms with E-state index >= 15 is 0 Å².